The fourth-order valence-electron chi connectivity index (χ4n) is 1.87. The largest absolute Gasteiger partial charge is 0.489 e. The molecule has 0 unspecified atom stereocenters. The number of allylic oxidation sites excluding steroid dienone is 2. The normalized spacial score (nSPS) is 14.7. The minimum atomic E-state index is 0.688. The molecule has 0 radical (unpaired) electrons. The maximum atomic E-state index is 5.85. The van der Waals surface area contributed by atoms with Gasteiger partial charge in [-0.05, 0) is 36.5 Å². The van der Waals surface area contributed by atoms with Gasteiger partial charge in [0.15, 0.2) is 0 Å². The topological polar surface area (TPSA) is 9.23 Å². The molecule has 1 aromatic carbocycles. The second-order valence-electron chi connectivity index (χ2n) is 4.01. The third kappa shape index (κ3) is 2.75. The molecule has 0 fully saturated rings. The Bertz CT molecular complexity index is 402. The van der Waals surface area contributed by atoms with Crippen LogP contribution in [0.5, 0.6) is 5.75 Å². The zero-order chi connectivity index (χ0) is 11.2. The van der Waals surface area contributed by atoms with Crippen molar-refractivity contribution in [3.05, 3.63) is 53.6 Å². The highest BCUT2D eigenvalue weighted by Crippen LogP contribution is 2.20. The average Bonchev–Trinajstić information content (AvgIpc) is 2.38. The summed E-state index contributed by atoms with van der Waals surface area (Å²) in [7, 11) is 0. The first-order valence-electron chi connectivity index (χ1n) is 5.96. The molecule has 0 N–H and O–H groups in total. The predicted molar refractivity (Wildman–Crippen MR) is 67.8 cm³/mol. The van der Waals surface area contributed by atoms with E-state index in [0.29, 0.717) is 6.61 Å². The van der Waals surface area contributed by atoms with E-state index in [2.05, 4.69) is 37.3 Å². The van der Waals surface area contributed by atoms with Gasteiger partial charge in [0.05, 0.1) is 0 Å². The van der Waals surface area contributed by atoms with Crippen molar-refractivity contribution in [2.75, 3.05) is 6.61 Å². The van der Waals surface area contributed by atoms with Crippen LogP contribution in [0, 0.1) is 0 Å². The van der Waals surface area contributed by atoms with E-state index in [0.717, 1.165) is 25.0 Å². The molecule has 0 bridgehead atoms. The third-order valence-corrected chi connectivity index (χ3v) is 2.82. The number of hydrogen-bond acceptors (Lipinski definition) is 1. The number of benzene rings is 1. The molecule has 0 saturated heterocycles. The van der Waals surface area contributed by atoms with Crippen LogP contribution in [0.3, 0.4) is 0 Å². The van der Waals surface area contributed by atoms with Crippen LogP contribution < -0.4 is 4.74 Å². The second kappa shape index (κ2) is 5.55. The molecule has 1 aliphatic carbocycles. The van der Waals surface area contributed by atoms with Crippen LogP contribution in [-0.2, 0) is 6.42 Å². The lowest BCUT2D eigenvalue weighted by Crippen LogP contribution is -2.02. The quantitative estimate of drug-likeness (QED) is 0.738. The van der Waals surface area contributed by atoms with E-state index < -0.39 is 0 Å². The van der Waals surface area contributed by atoms with Crippen LogP contribution in [0.15, 0.2) is 48.1 Å². The van der Waals surface area contributed by atoms with E-state index in [9.17, 15) is 0 Å². The number of para-hydroxylation sites is 1. The average molecular weight is 214 g/mol. The van der Waals surface area contributed by atoms with Crippen LogP contribution in [0.1, 0.15) is 25.3 Å². The van der Waals surface area contributed by atoms with Gasteiger partial charge in [-0.25, -0.2) is 0 Å². The van der Waals surface area contributed by atoms with E-state index >= 15 is 0 Å². The van der Waals surface area contributed by atoms with E-state index in [4.69, 9.17) is 4.74 Å². The fourth-order valence-corrected chi connectivity index (χ4v) is 1.87. The van der Waals surface area contributed by atoms with Crippen molar-refractivity contribution in [1.82, 2.24) is 0 Å². The van der Waals surface area contributed by atoms with Gasteiger partial charge < -0.3 is 4.74 Å². The minimum Gasteiger partial charge on any atom is -0.489 e. The number of ether oxygens (including phenoxy) is 1. The Morgan fingerprint density at radius 3 is 2.81 bits per heavy atom. The number of hydrogen-bond donors (Lipinski definition) is 0. The van der Waals surface area contributed by atoms with E-state index in [1.54, 1.807) is 0 Å². The van der Waals surface area contributed by atoms with Crippen molar-refractivity contribution in [2.45, 2.75) is 26.2 Å². The monoisotopic (exact) mass is 214 g/mol. The molecule has 0 aliphatic heterocycles. The van der Waals surface area contributed by atoms with Crippen LogP contribution in [0.4, 0.5) is 0 Å². The summed E-state index contributed by atoms with van der Waals surface area (Å²) >= 11 is 0. The maximum absolute atomic E-state index is 5.85. The van der Waals surface area contributed by atoms with Gasteiger partial charge in [-0.3, -0.25) is 0 Å². The van der Waals surface area contributed by atoms with Crippen molar-refractivity contribution >= 4 is 0 Å². The summed E-state index contributed by atoms with van der Waals surface area (Å²) in [5.74, 6) is 1.02. The Morgan fingerprint density at radius 1 is 1.19 bits per heavy atom. The van der Waals surface area contributed by atoms with Gasteiger partial charge in [0.25, 0.3) is 0 Å². The van der Waals surface area contributed by atoms with E-state index in [1.165, 1.54) is 11.1 Å². The lowest BCUT2D eigenvalue weighted by Gasteiger charge is -2.12. The van der Waals surface area contributed by atoms with Crippen molar-refractivity contribution < 1.29 is 4.74 Å². The van der Waals surface area contributed by atoms with Gasteiger partial charge in [-0.15, -0.1) is 0 Å². The molecule has 0 heterocycles. The van der Waals surface area contributed by atoms with Crippen LogP contribution in [0.25, 0.3) is 0 Å². The molecule has 0 saturated carbocycles. The summed E-state index contributed by atoms with van der Waals surface area (Å²) in [4.78, 5) is 0. The lowest BCUT2D eigenvalue weighted by molar-refractivity contribution is 0.351. The first-order chi connectivity index (χ1) is 7.90. The van der Waals surface area contributed by atoms with Crippen LogP contribution >= 0.6 is 0 Å². The molecule has 0 aromatic heterocycles. The molecule has 84 valence electrons. The van der Waals surface area contributed by atoms with Gasteiger partial charge >= 0.3 is 0 Å². The predicted octanol–water partition coefficient (Wildman–Crippen LogP) is 3.90. The summed E-state index contributed by atoms with van der Waals surface area (Å²) in [5.41, 5.74) is 2.57. The SMILES string of the molecule is CCc1ccccc1OCC1=CCCC=C1. The van der Waals surface area contributed by atoms with Crippen molar-refractivity contribution in [2.24, 2.45) is 0 Å². The zero-order valence-electron chi connectivity index (χ0n) is 9.78. The van der Waals surface area contributed by atoms with Crippen LogP contribution in [0.2, 0.25) is 0 Å². The first kappa shape index (κ1) is 11.0. The molecular formula is C15H18O. The van der Waals surface area contributed by atoms with Gasteiger partial charge in [0.2, 0.25) is 0 Å². The maximum Gasteiger partial charge on any atom is 0.122 e. The van der Waals surface area contributed by atoms with Crippen LogP contribution in [-0.4, -0.2) is 6.61 Å². The Morgan fingerprint density at radius 2 is 2.06 bits per heavy atom. The fraction of sp³-hybridized carbons (Fsp3) is 0.333. The molecule has 1 aliphatic rings. The third-order valence-electron chi connectivity index (χ3n) is 2.82. The van der Waals surface area contributed by atoms with Crippen molar-refractivity contribution in [3.63, 3.8) is 0 Å². The molecule has 1 aromatic rings. The Balaban J connectivity index is 1.99. The molecule has 16 heavy (non-hydrogen) atoms. The zero-order valence-corrected chi connectivity index (χ0v) is 9.78. The van der Waals surface area contributed by atoms with E-state index in [1.807, 2.05) is 12.1 Å². The lowest BCUT2D eigenvalue weighted by atomic mass is 10.1. The molecular weight excluding hydrogens is 196 g/mol. The molecule has 1 nitrogen and oxygen atoms in total. The number of aryl methyl sites for hydroxylation is 1. The van der Waals surface area contributed by atoms with E-state index in [-0.39, 0.29) is 0 Å². The second-order valence-corrected chi connectivity index (χ2v) is 4.01. The Labute approximate surface area is 97.4 Å². The highest BCUT2D eigenvalue weighted by molar-refractivity contribution is 5.34. The highest BCUT2D eigenvalue weighted by atomic mass is 16.5. The molecule has 0 spiro atoms. The summed E-state index contributed by atoms with van der Waals surface area (Å²) in [6, 6.07) is 8.26. The van der Waals surface area contributed by atoms with Crippen molar-refractivity contribution in [1.29, 1.82) is 0 Å². The highest BCUT2D eigenvalue weighted by Gasteiger charge is 2.02. The molecule has 1 heteroatoms. The Kier molecular flexibility index (Phi) is 3.81. The number of rotatable bonds is 4. The summed E-state index contributed by atoms with van der Waals surface area (Å²) < 4.78 is 5.85. The van der Waals surface area contributed by atoms with Gasteiger partial charge in [0, 0.05) is 0 Å². The summed E-state index contributed by atoms with van der Waals surface area (Å²) in [6.07, 6.45) is 9.96. The molecule has 0 atom stereocenters. The van der Waals surface area contributed by atoms with Gasteiger partial charge in [-0.2, -0.15) is 0 Å². The van der Waals surface area contributed by atoms with Gasteiger partial charge in [0.1, 0.15) is 12.4 Å². The Hall–Kier alpha value is -1.50. The molecule has 2 rings (SSSR count). The minimum absolute atomic E-state index is 0.688. The summed E-state index contributed by atoms with van der Waals surface area (Å²) in [5, 5.41) is 0. The standard InChI is InChI=1S/C15H18O/c1-2-14-10-6-7-11-15(14)16-12-13-8-4-3-5-9-13/h4,6-11H,2-3,5,12H2,1H3. The van der Waals surface area contributed by atoms with Gasteiger partial charge in [-0.1, -0.05) is 43.4 Å². The summed E-state index contributed by atoms with van der Waals surface area (Å²) in [6.45, 7) is 2.84. The molecule has 0 amide bonds. The van der Waals surface area contributed by atoms with Crippen molar-refractivity contribution in [3.8, 4) is 5.75 Å². The first-order valence-corrected chi connectivity index (χ1v) is 5.96. The smallest absolute Gasteiger partial charge is 0.122 e.